The van der Waals surface area contributed by atoms with Gasteiger partial charge in [-0.15, -0.1) is 0 Å². The van der Waals surface area contributed by atoms with Crippen molar-refractivity contribution in [2.75, 3.05) is 11.5 Å². The summed E-state index contributed by atoms with van der Waals surface area (Å²) in [6, 6.07) is 0. The zero-order valence-electron chi connectivity index (χ0n) is 7.02. The Bertz CT molecular complexity index is 200. The first-order chi connectivity index (χ1) is 6.24. The number of thioether (sulfide) groups is 1. The van der Waals surface area contributed by atoms with Gasteiger partial charge < -0.3 is 9.47 Å². The molecule has 0 amide bonds. The maximum Gasteiger partial charge on any atom is 0.309 e. The van der Waals surface area contributed by atoms with Crippen LogP contribution in [0.3, 0.4) is 0 Å². The average molecular weight is 202 g/mol. The molecule has 0 saturated carbocycles. The summed E-state index contributed by atoms with van der Waals surface area (Å²) in [5.41, 5.74) is 0. The predicted octanol–water partition coefficient (Wildman–Crippen LogP) is 0.351. The van der Waals surface area contributed by atoms with Crippen molar-refractivity contribution in [3.05, 3.63) is 0 Å². The fraction of sp³-hybridized carbons (Fsp3) is 0.750. The van der Waals surface area contributed by atoms with Crippen molar-refractivity contribution in [1.29, 1.82) is 0 Å². The number of hydrogen-bond acceptors (Lipinski definition) is 5. The minimum absolute atomic E-state index is 0.0910. The second kappa shape index (κ2) is 3.57. The summed E-state index contributed by atoms with van der Waals surface area (Å²) < 4.78 is 9.65. The van der Waals surface area contributed by atoms with Crippen molar-refractivity contribution >= 4 is 23.7 Å². The van der Waals surface area contributed by atoms with E-state index < -0.39 is 0 Å². The van der Waals surface area contributed by atoms with Gasteiger partial charge in [-0.3, -0.25) is 9.59 Å². The Morgan fingerprint density at radius 1 is 1.08 bits per heavy atom. The summed E-state index contributed by atoms with van der Waals surface area (Å²) in [6.07, 6.45) is 1.26. The van der Waals surface area contributed by atoms with Crippen LogP contribution in [0.4, 0.5) is 0 Å². The van der Waals surface area contributed by atoms with Crippen LogP contribution in [0.15, 0.2) is 0 Å². The molecule has 0 bridgehead atoms. The second-order valence-electron chi connectivity index (χ2n) is 3.17. The van der Waals surface area contributed by atoms with Gasteiger partial charge >= 0.3 is 11.9 Å². The number of esters is 2. The van der Waals surface area contributed by atoms with E-state index in [2.05, 4.69) is 0 Å². The Balaban J connectivity index is 1.50. The van der Waals surface area contributed by atoms with Crippen LogP contribution in [-0.2, 0) is 19.1 Å². The normalized spacial score (nSPS) is 31.4. The van der Waals surface area contributed by atoms with E-state index in [0.717, 1.165) is 11.5 Å². The van der Waals surface area contributed by atoms with Gasteiger partial charge in [0.1, 0.15) is 12.2 Å². The van der Waals surface area contributed by atoms with Gasteiger partial charge in [0.25, 0.3) is 0 Å². The topological polar surface area (TPSA) is 52.6 Å². The SMILES string of the molecule is O=C1CC(CSCC2CC(=O)O2)O1. The Morgan fingerprint density at radius 2 is 1.46 bits per heavy atom. The maximum absolute atomic E-state index is 10.4. The lowest BCUT2D eigenvalue weighted by atomic mass is 10.2. The van der Waals surface area contributed by atoms with E-state index in [4.69, 9.17) is 9.47 Å². The molecule has 0 radical (unpaired) electrons. The van der Waals surface area contributed by atoms with Crippen molar-refractivity contribution in [1.82, 2.24) is 0 Å². The highest BCUT2D eigenvalue weighted by Gasteiger charge is 2.31. The third kappa shape index (κ3) is 2.15. The molecule has 0 aromatic heterocycles. The molecule has 0 aromatic rings. The van der Waals surface area contributed by atoms with Crippen molar-refractivity contribution in [2.24, 2.45) is 0 Å². The van der Waals surface area contributed by atoms with E-state index >= 15 is 0 Å². The van der Waals surface area contributed by atoms with Gasteiger partial charge in [0.15, 0.2) is 0 Å². The van der Waals surface area contributed by atoms with Crippen LogP contribution in [0.1, 0.15) is 12.8 Å². The van der Waals surface area contributed by atoms with Gasteiger partial charge in [-0.1, -0.05) is 0 Å². The highest BCUT2D eigenvalue weighted by molar-refractivity contribution is 7.99. The number of ether oxygens (including phenoxy) is 2. The number of cyclic esters (lactones) is 2. The summed E-state index contributed by atoms with van der Waals surface area (Å²) in [5.74, 6) is 1.42. The third-order valence-corrected chi connectivity index (χ3v) is 3.21. The highest BCUT2D eigenvalue weighted by atomic mass is 32.2. The monoisotopic (exact) mass is 202 g/mol. The summed E-state index contributed by atoms with van der Waals surface area (Å²) in [7, 11) is 0. The van der Waals surface area contributed by atoms with Gasteiger partial charge in [-0.2, -0.15) is 11.8 Å². The van der Waals surface area contributed by atoms with Crippen LogP contribution in [0.25, 0.3) is 0 Å². The van der Waals surface area contributed by atoms with Gasteiger partial charge in [-0.25, -0.2) is 0 Å². The molecule has 2 atom stereocenters. The van der Waals surface area contributed by atoms with Crippen molar-refractivity contribution in [3.8, 4) is 0 Å². The fourth-order valence-electron chi connectivity index (χ4n) is 1.24. The van der Waals surface area contributed by atoms with Crippen molar-refractivity contribution in [3.63, 3.8) is 0 Å². The molecule has 4 nitrogen and oxygen atoms in total. The van der Waals surface area contributed by atoms with Crippen LogP contribution < -0.4 is 0 Å². The standard InChI is InChI=1S/C8H10O4S/c9-7-1-5(11-7)3-13-4-6-2-8(10)12-6/h5-6H,1-4H2. The molecule has 2 aliphatic rings. The van der Waals surface area contributed by atoms with Crippen molar-refractivity contribution in [2.45, 2.75) is 25.0 Å². The molecule has 2 heterocycles. The first-order valence-corrected chi connectivity index (χ1v) is 5.36. The smallest absolute Gasteiger partial charge is 0.309 e. The zero-order chi connectivity index (χ0) is 9.26. The largest absolute Gasteiger partial charge is 0.461 e. The lowest BCUT2D eigenvalue weighted by Gasteiger charge is -2.28. The highest BCUT2D eigenvalue weighted by Crippen LogP contribution is 2.22. The first kappa shape index (κ1) is 8.87. The summed E-state index contributed by atoms with van der Waals surface area (Å²) in [6.45, 7) is 0. The van der Waals surface area contributed by atoms with E-state index in [1.165, 1.54) is 0 Å². The number of carbonyl (C=O) groups is 2. The van der Waals surface area contributed by atoms with Crippen LogP contribution in [0, 0.1) is 0 Å². The molecular formula is C8H10O4S. The fourth-order valence-corrected chi connectivity index (χ4v) is 2.27. The summed E-state index contributed by atoms with van der Waals surface area (Å²) in [5, 5.41) is 0. The molecule has 2 fully saturated rings. The first-order valence-electron chi connectivity index (χ1n) is 4.21. The predicted molar refractivity (Wildman–Crippen MR) is 46.3 cm³/mol. The Labute approximate surface area is 80.0 Å². The summed E-state index contributed by atoms with van der Waals surface area (Å²) in [4.78, 5) is 20.8. The molecule has 0 N–H and O–H groups in total. The van der Waals surface area contributed by atoms with Gasteiger partial charge in [-0.05, 0) is 0 Å². The van der Waals surface area contributed by atoms with Crippen LogP contribution in [0.2, 0.25) is 0 Å². The molecule has 2 unspecified atom stereocenters. The van der Waals surface area contributed by atoms with Crippen LogP contribution in [-0.4, -0.2) is 35.7 Å². The van der Waals surface area contributed by atoms with E-state index in [-0.39, 0.29) is 24.1 Å². The Morgan fingerprint density at radius 3 is 1.77 bits per heavy atom. The lowest BCUT2D eigenvalue weighted by Crippen LogP contribution is -2.37. The Kier molecular flexibility index (Phi) is 2.44. The van der Waals surface area contributed by atoms with Crippen LogP contribution >= 0.6 is 11.8 Å². The van der Waals surface area contributed by atoms with Crippen molar-refractivity contribution < 1.29 is 19.1 Å². The molecular weight excluding hydrogens is 192 g/mol. The number of carbonyl (C=O) groups excluding carboxylic acids is 2. The minimum atomic E-state index is -0.110. The molecule has 72 valence electrons. The lowest BCUT2D eigenvalue weighted by molar-refractivity contribution is -0.167. The Hall–Kier alpha value is -0.710. The van der Waals surface area contributed by atoms with E-state index in [0.29, 0.717) is 12.8 Å². The van der Waals surface area contributed by atoms with Gasteiger partial charge in [0.2, 0.25) is 0 Å². The summed E-state index contributed by atoms with van der Waals surface area (Å²) >= 11 is 1.67. The van der Waals surface area contributed by atoms with E-state index in [1.54, 1.807) is 11.8 Å². The molecule has 2 rings (SSSR count). The van der Waals surface area contributed by atoms with Gasteiger partial charge in [0.05, 0.1) is 12.8 Å². The van der Waals surface area contributed by atoms with E-state index in [1.807, 2.05) is 0 Å². The molecule has 5 heteroatoms. The quantitative estimate of drug-likeness (QED) is 0.616. The molecule has 0 aliphatic carbocycles. The van der Waals surface area contributed by atoms with Crippen LogP contribution in [0.5, 0.6) is 0 Å². The molecule has 2 saturated heterocycles. The number of rotatable bonds is 4. The average Bonchev–Trinajstić information content (AvgIpc) is 1.97. The van der Waals surface area contributed by atoms with Gasteiger partial charge in [0, 0.05) is 11.5 Å². The molecule has 0 aromatic carbocycles. The maximum atomic E-state index is 10.4. The third-order valence-electron chi connectivity index (χ3n) is 1.99. The number of hydrogen-bond donors (Lipinski definition) is 0. The molecule has 0 spiro atoms. The second-order valence-corrected chi connectivity index (χ2v) is 4.24. The zero-order valence-corrected chi connectivity index (χ0v) is 7.84. The minimum Gasteiger partial charge on any atom is -0.461 e. The molecule has 13 heavy (non-hydrogen) atoms. The molecule has 2 aliphatic heterocycles. The van der Waals surface area contributed by atoms with E-state index in [9.17, 15) is 9.59 Å².